The van der Waals surface area contributed by atoms with Gasteiger partial charge in [-0.05, 0) is 43.2 Å². The monoisotopic (exact) mass is 537 g/mol. The standard InChI is InChI=1S/C29H20F5N3O2/c1-16-20(29(32,33)34)14-36-28(39-24-9-8-21(30)27(31)17(24)2)26(16)23-12-25(19-13-35-11-10-22(19)37-23)38-15-18-6-4-3-5-7-18/h3-14H,15H2,1-2H3. The van der Waals surface area contributed by atoms with Crippen molar-refractivity contribution in [3.05, 3.63) is 107 Å². The van der Waals surface area contributed by atoms with Crippen LogP contribution in [0.5, 0.6) is 17.4 Å². The van der Waals surface area contributed by atoms with E-state index in [2.05, 4.69) is 15.0 Å². The molecule has 0 unspecified atom stereocenters. The number of fused-ring (bicyclic) bond motifs is 1. The predicted octanol–water partition coefficient (Wildman–Crippen LogP) is 7.98. The van der Waals surface area contributed by atoms with Crippen LogP contribution in [-0.2, 0) is 12.8 Å². The topological polar surface area (TPSA) is 57.1 Å². The second-order valence-corrected chi connectivity index (χ2v) is 8.73. The van der Waals surface area contributed by atoms with E-state index in [-0.39, 0.29) is 40.6 Å². The minimum atomic E-state index is -4.71. The van der Waals surface area contributed by atoms with Gasteiger partial charge in [0.15, 0.2) is 11.6 Å². The Labute approximate surface area is 219 Å². The van der Waals surface area contributed by atoms with Gasteiger partial charge in [-0.25, -0.2) is 18.7 Å². The summed E-state index contributed by atoms with van der Waals surface area (Å²) in [6, 6.07) is 14.5. The van der Waals surface area contributed by atoms with Gasteiger partial charge in [-0.2, -0.15) is 13.2 Å². The molecule has 0 saturated carbocycles. The van der Waals surface area contributed by atoms with Crippen LogP contribution in [0, 0.1) is 25.5 Å². The van der Waals surface area contributed by atoms with Gasteiger partial charge in [0.05, 0.1) is 27.7 Å². The van der Waals surface area contributed by atoms with Crippen LogP contribution in [0.25, 0.3) is 22.2 Å². The minimum Gasteiger partial charge on any atom is -0.488 e. The van der Waals surface area contributed by atoms with Crippen molar-refractivity contribution in [3.8, 4) is 28.6 Å². The largest absolute Gasteiger partial charge is 0.488 e. The van der Waals surface area contributed by atoms with Crippen LogP contribution in [0.2, 0.25) is 0 Å². The maximum Gasteiger partial charge on any atom is 0.418 e. The summed E-state index contributed by atoms with van der Waals surface area (Å²) in [6.07, 6.45) is -1.03. The molecule has 5 rings (SSSR count). The molecule has 0 radical (unpaired) electrons. The summed E-state index contributed by atoms with van der Waals surface area (Å²) < 4.78 is 81.4. The Kier molecular flexibility index (Phi) is 6.86. The number of ether oxygens (including phenoxy) is 2. The van der Waals surface area contributed by atoms with E-state index < -0.39 is 23.4 Å². The number of pyridine rings is 3. The molecule has 39 heavy (non-hydrogen) atoms. The number of hydrogen-bond acceptors (Lipinski definition) is 5. The number of nitrogens with zero attached hydrogens (tertiary/aromatic N) is 3. The molecule has 0 saturated heterocycles. The quantitative estimate of drug-likeness (QED) is 0.206. The fourth-order valence-corrected chi connectivity index (χ4v) is 4.11. The van der Waals surface area contributed by atoms with Crippen LogP contribution in [0.1, 0.15) is 22.3 Å². The van der Waals surface area contributed by atoms with Crippen molar-refractivity contribution in [1.29, 1.82) is 0 Å². The van der Waals surface area contributed by atoms with Crippen LogP contribution >= 0.6 is 0 Å². The first-order chi connectivity index (χ1) is 18.6. The molecule has 0 amide bonds. The number of aromatic nitrogens is 3. The van der Waals surface area contributed by atoms with Gasteiger partial charge in [-0.3, -0.25) is 4.98 Å². The smallest absolute Gasteiger partial charge is 0.418 e. The van der Waals surface area contributed by atoms with E-state index in [0.29, 0.717) is 22.8 Å². The molecule has 5 nitrogen and oxygen atoms in total. The van der Waals surface area contributed by atoms with Crippen molar-refractivity contribution in [2.45, 2.75) is 26.6 Å². The molecule has 0 aliphatic rings. The molecule has 3 heterocycles. The molecule has 0 aliphatic carbocycles. The first-order valence-electron chi connectivity index (χ1n) is 11.7. The highest BCUT2D eigenvalue weighted by molar-refractivity contribution is 5.88. The molecule has 198 valence electrons. The van der Waals surface area contributed by atoms with Crippen molar-refractivity contribution in [3.63, 3.8) is 0 Å². The average molecular weight is 537 g/mol. The highest BCUT2D eigenvalue weighted by Gasteiger charge is 2.35. The SMILES string of the molecule is Cc1c(Oc2ncc(C(F)(F)F)c(C)c2-c2cc(OCc3ccccc3)c3cnccc3n2)ccc(F)c1F. The van der Waals surface area contributed by atoms with Gasteiger partial charge in [0.25, 0.3) is 0 Å². The van der Waals surface area contributed by atoms with Crippen molar-refractivity contribution < 1.29 is 31.4 Å². The summed E-state index contributed by atoms with van der Waals surface area (Å²) in [6.45, 7) is 2.75. The molecule has 10 heteroatoms. The highest BCUT2D eigenvalue weighted by atomic mass is 19.4. The number of alkyl halides is 3. The van der Waals surface area contributed by atoms with Crippen molar-refractivity contribution >= 4 is 10.9 Å². The maximum absolute atomic E-state index is 14.2. The lowest BCUT2D eigenvalue weighted by Crippen LogP contribution is -2.11. The summed E-state index contributed by atoms with van der Waals surface area (Å²) in [4.78, 5) is 12.6. The highest BCUT2D eigenvalue weighted by Crippen LogP contribution is 2.42. The van der Waals surface area contributed by atoms with Gasteiger partial charge in [0, 0.05) is 30.2 Å². The Hall–Kier alpha value is -4.60. The number of hydrogen-bond donors (Lipinski definition) is 0. The summed E-state index contributed by atoms with van der Waals surface area (Å²) in [5.74, 6) is -2.25. The first-order valence-corrected chi connectivity index (χ1v) is 11.7. The molecule has 3 aromatic heterocycles. The number of rotatable bonds is 6. The van der Waals surface area contributed by atoms with Crippen LogP contribution in [0.4, 0.5) is 22.0 Å². The molecular weight excluding hydrogens is 517 g/mol. The fourth-order valence-electron chi connectivity index (χ4n) is 4.11. The van der Waals surface area contributed by atoms with Gasteiger partial charge in [0.2, 0.25) is 5.88 Å². The van der Waals surface area contributed by atoms with Gasteiger partial charge >= 0.3 is 6.18 Å². The normalized spacial score (nSPS) is 11.6. The lowest BCUT2D eigenvalue weighted by molar-refractivity contribution is -0.138. The van der Waals surface area contributed by atoms with E-state index in [4.69, 9.17) is 9.47 Å². The Morgan fingerprint density at radius 2 is 1.64 bits per heavy atom. The predicted molar refractivity (Wildman–Crippen MR) is 134 cm³/mol. The van der Waals surface area contributed by atoms with Crippen molar-refractivity contribution in [2.75, 3.05) is 0 Å². The first kappa shape index (κ1) is 26.0. The van der Waals surface area contributed by atoms with Gasteiger partial charge in [-0.1, -0.05) is 30.3 Å². The van der Waals surface area contributed by atoms with E-state index >= 15 is 0 Å². The Balaban J connectivity index is 1.68. The average Bonchev–Trinajstić information content (AvgIpc) is 2.92. The molecule has 0 aliphatic heterocycles. The van der Waals surface area contributed by atoms with E-state index in [0.717, 1.165) is 11.6 Å². The lowest BCUT2D eigenvalue weighted by atomic mass is 10.0. The van der Waals surface area contributed by atoms with Crippen LogP contribution in [0.15, 0.2) is 73.2 Å². The number of halogens is 5. The molecule has 0 atom stereocenters. The van der Waals surface area contributed by atoms with Gasteiger partial charge < -0.3 is 9.47 Å². The fraction of sp³-hybridized carbons (Fsp3) is 0.138. The third-order valence-electron chi connectivity index (χ3n) is 6.17. The zero-order valence-electron chi connectivity index (χ0n) is 20.7. The molecule has 0 fully saturated rings. The molecule has 5 aromatic rings. The minimum absolute atomic E-state index is 0.0720. The van der Waals surface area contributed by atoms with E-state index in [9.17, 15) is 22.0 Å². The van der Waals surface area contributed by atoms with Crippen molar-refractivity contribution in [1.82, 2.24) is 15.0 Å². The van der Waals surface area contributed by atoms with E-state index in [1.54, 1.807) is 12.3 Å². The third kappa shape index (κ3) is 5.22. The van der Waals surface area contributed by atoms with E-state index in [1.165, 1.54) is 32.2 Å². The summed E-state index contributed by atoms with van der Waals surface area (Å²) in [7, 11) is 0. The number of benzene rings is 2. The Bertz CT molecular complexity index is 1670. The maximum atomic E-state index is 14.2. The van der Waals surface area contributed by atoms with Crippen molar-refractivity contribution in [2.24, 2.45) is 0 Å². The molecule has 0 spiro atoms. The molecular formula is C29H20F5N3O2. The zero-order valence-corrected chi connectivity index (χ0v) is 20.7. The summed E-state index contributed by atoms with van der Waals surface area (Å²) in [5.41, 5.74) is -0.0528. The third-order valence-corrected chi connectivity index (χ3v) is 6.17. The van der Waals surface area contributed by atoms with Crippen LogP contribution in [-0.4, -0.2) is 15.0 Å². The second kappa shape index (κ2) is 10.3. The summed E-state index contributed by atoms with van der Waals surface area (Å²) >= 11 is 0. The van der Waals surface area contributed by atoms with Gasteiger partial charge in [-0.15, -0.1) is 0 Å². The lowest BCUT2D eigenvalue weighted by Gasteiger charge is -2.19. The van der Waals surface area contributed by atoms with Gasteiger partial charge in [0.1, 0.15) is 18.1 Å². The second-order valence-electron chi connectivity index (χ2n) is 8.73. The molecule has 2 aromatic carbocycles. The Morgan fingerprint density at radius 1 is 0.872 bits per heavy atom. The Morgan fingerprint density at radius 3 is 2.38 bits per heavy atom. The molecule has 0 N–H and O–H groups in total. The summed E-state index contributed by atoms with van der Waals surface area (Å²) in [5, 5.41) is 0.550. The zero-order chi connectivity index (χ0) is 27.7. The van der Waals surface area contributed by atoms with Crippen LogP contribution < -0.4 is 9.47 Å². The van der Waals surface area contributed by atoms with Crippen LogP contribution in [0.3, 0.4) is 0 Å². The molecule has 0 bridgehead atoms. The van der Waals surface area contributed by atoms with E-state index in [1.807, 2.05) is 30.3 Å².